The second kappa shape index (κ2) is 11.5. The Kier molecular flexibility index (Phi) is 8.46. The molecule has 7 nitrogen and oxygen atoms in total. The summed E-state index contributed by atoms with van der Waals surface area (Å²) in [4.78, 5) is 35.7. The van der Waals surface area contributed by atoms with Gasteiger partial charge in [0.25, 0.3) is 0 Å². The van der Waals surface area contributed by atoms with Crippen molar-refractivity contribution >= 4 is 18.0 Å². The molecule has 2 aromatic rings. The van der Waals surface area contributed by atoms with Crippen molar-refractivity contribution in [1.29, 1.82) is 0 Å². The summed E-state index contributed by atoms with van der Waals surface area (Å²) in [5.41, 5.74) is 4.62. The molecule has 2 atom stereocenters. The van der Waals surface area contributed by atoms with Crippen LogP contribution in [0.4, 0.5) is 4.79 Å². The van der Waals surface area contributed by atoms with Crippen LogP contribution in [0.15, 0.2) is 48.5 Å². The number of amides is 2. The van der Waals surface area contributed by atoms with Crippen molar-refractivity contribution in [2.45, 2.75) is 51.5 Å². The summed E-state index contributed by atoms with van der Waals surface area (Å²) in [5.74, 6) is -1.50. The van der Waals surface area contributed by atoms with Gasteiger partial charge in [0, 0.05) is 24.9 Å². The Morgan fingerprint density at radius 1 is 1.00 bits per heavy atom. The number of carboxylic acids is 1. The lowest BCUT2D eigenvalue weighted by atomic mass is 9.98. The quantitative estimate of drug-likeness (QED) is 0.471. The van der Waals surface area contributed by atoms with Gasteiger partial charge >= 0.3 is 12.1 Å². The summed E-state index contributed by atoms with van der Waals surface area (Å²) in [6, 6.07) is 16.0. The van der Waals surface area contributed by atoms with Crippen LogP contribution >= 0.6 is 0 Å². The van der Waals surface area contributed by atoms with E-state index in [4.69, 9.17) is 9.84 Å². The molecule has 0 saturated carbocycles. The van der Waals surface area contributed by atoms with E-state index in [1.165, 1.54) is 11.1 Å². The van der Waals surface area contributed by atoms with Crippen molar-refractivity contribution in [2.75, 3.05) is 13.2 Å². The zero-order valence-electron chi connectivity index (χ0n) is 19.2. The monoisotopic (exact) mass is 452 g/mol. The van der Waals surface area contributed by atoms with E-state index in [1.54, 1.807) is 6.92 Å². The van der Waals surface area contributed by atoms with Crippen LogP contribution in [0.25, 0.3) is 11.1 Å². The van der Waals surface area contributed by atoms with E-state index in [0.29, 0.717) is 12.8 Å². The molecule has 176 valence electrons. The number of carbonyl (C=O) groups is 3. The maximum atomic E-state index is 12.6. The highest BCUT2D eigenvalue weighted by atomic mass is 16.5. The maximum absolute atomic E-state index is 12.6. The molecule has 2 unspecified atom stereocenters. The minimum atomic E-state index is -0.891. The molecule has 33 heavy (non-hydrogen) atoms. The van der Waals surface area contributed by atoms with Gasteiger partial charge < -0.3 is 20.5 Å². The number of hydrogen-bond acceptors (Lipinski definition) is 4. The predicted molar refractivity (Wildman–Crippen MR) is 126 cm³/mol. The Labute approximate surface area is 194 Å². The van der Waals surface area contributed by atoms with E-state index >= 15 is 0 Å². The number of carbonyl (C=O) groups excluding carboxylic acids is 2. The van der Waals surface area contributed by atoms with E-state index in [1.807, 2.05) is 31.2 Å². The minimum absolute atomic E-state index is 0.00209. The fraction of sp³-hybridized carbons (Fsp3) is 0.423. The second-order valence-electron chi connectivity index (χ2n) is 8.53. The molecular weight excluding hydrogens is 420 g/mol. The standard InChI is InChI=1S/C26H32N2O5/c1-3-8-18(25(31)28-17(2)13-14-24(29)30)15-27-26(32)33-16-23-21-11-6-4-9-19(21)20-10-5-7-12-22(20)23/h4-7,9-12,17-18,23H,3,8,13-16H2,1-2H3,(H,27,32)(H,28,31)(H,29,30). The lowest BCUT2D eigenvalue weighted by Crippen LogP contribution is -2.42. The zero-order chi connectivity index (χ0) is 23.8. The summed E-state index contributed by atoms with van der Waals surface area (Å²) in [5, 5.41) is 14.4. The normalized spacial score (nSPS) is 14.0. The molecule has 0 saturated heterocycles. The Morgan fingerprint density at radius 2 is 1.61 bits per heavy atom. The molecule has 0 aliphatic heterocycles. The largest absolute Gasteiger partial charge is 0.481 e. The van der Waals surface area contributed by atoms with Gasteiger partial charge in [-0.05, 0) is 42.0 Å². The molecule has 2 amide bonds. The van der Waals surface area contributed by atoms with E-state index in [0.717, 1.165) is 17.5 Å². The highest BCUT2D eigenvalue weighted by molar-refractivity contribution is 5.80. The lowest BCUT2D eigenvalue weighted by molar-refractivity contribution is -0.137. The van der Waals surface area contributed by atoms with Crippen LogP contribution in [0.3, 0.4) is 0 Å². The molecule has 7 heteroatoms. The molecule has 1 aliphatic carbocycles. The number of benzene rings is 2. The molecule has 0 bridgehead atoms. The number of aliphatic carboxylic acids is 1. The molecule has 1 aliphatic rings. The number of fused-ring (bicyclic) bond motifs is 3. The van der Waals surface area contributed by atoms with E-state index in [2.05, 4.69) is 34.9 Å². The number of rotatable bonds is 11. The molecule has 0 fully saturated rings. The third-order valence-electron chi connectivity index (χ3n) is 6.02. The van der Waals surface area contributed by atoms with Crippen molar-refractivity contribution in [3.63, 3.8) is 0 Å². The summed E-state index contributed by atoms with van der Waals surface area (Å²) in [6.07, 6.45) is 1.21. The van der Waals surface area contributed by atoms with Crippen LogP contribution in [0.5, 0.6) is 0 Å². The average molecular weight is 453 g/mol. The van der Waals surface area contributed by atoms with Gasteiger partial charge in [-0.15, -0.1) is 0 Å². The average Bonchev–Trinajstić information content (AvgIpc) is 3.12. The van der Waals surface area contributed by atoms with Crippen molar-refractivity contribution in [3.8, 4) is 11.1 Å². The van der Waals surface area contributed by atoms with Gasteiger partial charge in [-0.25, -0.2) is 4.79 Å². The number of carboxylic acid groups (broad SMARTS) is 1. The predicted octanol–water partition coefficient (Wildman–Crippen LogP) is 4.31. The van der Waals surface area contributed by atoms with Gasteiger partial charge in [-0.1, -0.05) is 61.9 Å². The molecule has 0 spiro atoms. The summed E-state index contributed by atoms with van der Waals surface area (Å²) in [7, 11) is 0. The van der Waals surface area contributed by atoms with Gasteiger partial charge in [0.1, 0.15) is 6.61 Å². The van der Waals surface area contributed by atoms with Crippen LogP contribution in [0.1, 0.15) is 56.6 Å². The third kappa shape index (κ3) is 6.34. The summed E-state index contributed by atoms with van der Waals surface area (Å²) >= 11 is 0. The summed E-state index contributed by atoms with van der Waals surface area (Å²) in [6.45, 7) is 4.14. The Morgan fingerprint density at radius 3 is 2.18 bits per heavy atom. The van der Waals surface area contributed by atoms with Crippen molar-refractivity contribution < 1.29 is 24.2 Å². The first-order valence-corrected chi connectivity index (χ1v) is 11.5. The highest BCUT2D eigenvalue weighted by Crippen LogP contribution is 2.44. The first kappa shape index (κ1) is 24.3. The van der Waals surface area contributed by atoms with Crippen LogP contribution < -0.4 is 10.6 Å². The first-order valence-electron chi connectivity index (χ1n) is 11.5. The van der Waals surface area contributed by atoms with Crippen molar-refractivity contribution in [3.05, 3.63) is 59.7 Å². The molecule has 0 radical (unpaired) electrons. The van der Waals surface area contributed by atoms with Crippen LogP contribution in [-0.4, -0.2) is 42.3 Å². The topological polar surface area (TPSA) is 105 Å². The van der Waals surface area contributed by atoms with E-state index in [9.17, 15) is 14.4 Å². The fourth-order valence-electron chi connectivity index (χ4n) is 4.30. The molecular formula is C26H32N2O5. The van der Waals surface area contributed by atoms with Gasteiger partial charge in [0.15, 0.2) is 0 Å². The number of ether oxygens (including phenoxy) is 1. The van der Waals surface area contributed by atoms with Crippen LogP contribution in [-0.2, 0) is 14.3 Å². The number of hydrogen-bond donors (Lipinski definition) is 3. The van der Waals surface area contributed by atoms with Gasteiger partial charge in [-0.3, -0.25) is 9.59 Å². The fourth-order valence-corrected chi connectivity index (χ4v) is 4.30. The SMILES string of the molecule is CCCC(CNC(=O)OCC1c2ccccc2-c2ccccc21)C(=O)NC(C)CCC(=O)O. The van der Waals surface area contributed by atoms with Crippen molar-refractivity contribution in [1.82, 2.24) is 10.6 Å². The number of alkyl carbamates (subject to hydrolysis) is 1. The molecule has 3 rings (SSSR count). The van der Waals surface area contributed by atoms with E-state index < -0.39 is 18.0 Å². The second-order valence-corrected chi connectivity index (χ2v) is 8.53. The molecule has 3 N–H and O–H groups in total. The van der Waals surface area contributed by atoms with Gasteiger partial charge in [0.05, 0.1) is 5.92 Å². The van der Waals surface area contributed by atoms with Gasteiger partial charge in [0.2, 0.25) is 5.91 Å². The molecule has 0 heterocycles. The highest BCUT2D eigenvalue weighted by Gasteiger charge is 2.29. The van der Waals surface area contributed by atoms with Crippen molar-refractivity contribution in [2.24, 2.45) is 5.92 Å². The molecule has 0 aromatic heterocycles. The Balaban J connectivity index is 1.53. The number of nitrogens with one attached hydrogen (secondary N) is 2. The Bertz CT molecular complexity index is 945. The first-order chi connectivity index (χ1) is 15.9. The minimum Gasteiger partial charge on any atom is -0.481 e. The van der Waals surface area contributed by atoms with Crippen LogP contribution in [0.2, 0.25) is 0 Å². The Hall–Kier alpha value is -3.35. The zero-order valence-corrected chi connectivity index (χ0v) is 19.2. The smallest absolute Gasteiger partial charge is 0.407 e. The van der Waals surface area contributed by atoms with E-state index in [-0.39, 0.29) is 37.4 Å². The maximum Gasteiger partial charge on any atom is 0.407 e. The lowest BCUT2D eigenvalue weighted by Gasteiger charge is -2.20. The molecule has 2 aromatic carbocycles. The van der Waals surface area contributed by atoms with Gasteiger partial charge in [-0.2, -0.15) is 0 Å². The summed E-state index contributed by atoms with van der Waals surface area (Å²) < 4.78 is 5.55. The van der Waals surface area contributed by atoms with Crippen LogP contribution in [0, 0.1) is 5.92 Å². The third-order valence-corrected chi connectivity index (χ3v) is 6.02.